The number of hydrogen-bond donors (Lipinski definition) is 1. The lowest BCUT2D eigenvalue weighted by atomic mass is 9.99. The van der Waals surface area contributed by atoms with Crippen molar-refractivity contribution in [2.24, 2.45) is 7.05 Å². The number of aryl methyl sites for hydroxylation is 1. The molecular formula is C15H27N3O. The molecule has 1 aliphatic heterocycles. The van der Waals surface area contributed by atoms with E-state index in [1.54, 1.807) is 0 Å². The van der Waals surface area contributed by atoms with Crippen LogP contribution in [0.1, 0.15) is 44.7 Å². The quantitative estimate of drug-likeness (QED) is 0.822. The Morgan fingerprint density at radius 3 is 3.05 bits per heavy atom. The predicted molar refractivity (Wildman–Crippen MR) is 77.2 cm³/mol. The van der Waals surface area contributed by atoms with Crippen molar-refractivity contribution in [1.29, 1.82) is 0 Å². The van der Waals surface area contributed by atoms with Crippen LogP contribution >= 0.6 is 0 Å². The monoisotopic (exact) mass is 265 g/mol. The maximum absolute atomic E-state index is 5.81. The van der Waals surface area contributed by atoms with Gasteiger partial charge < -0.3 is 10.1 Å². The van der Waals surface area contributed by atoms with Gasteiger partial charge in [-0.05, 0) is 44.7 Å². The van der Waals surface area contributed by atoms with Crippen molar-refractivity contribution in [2.45, 2.75) is 57.6 Å². The highest BCUT2D eigenvalue weighted by atomic mass is 16.5. The first-order valence-corrected chi connectivity index (χ1v) is 7.61. The summed E-state index contributed by atoms with van der Waals surface area (Å²) in [6.07, 6.45) is 9.67. The van der Waals surface area contributed by atoms with Crippen LogP contribution in [0.5, 0.6) is 0 Å². The molecule has 108 valence electrons. The second-order valence-electron chi connectivity index (χ2n) is 5.51. The van der Waals surface area contributed by atoms with Gasteiger partial charge in [-0.3, -0.25) is 4.68 Å². The molecule has 1 N–H and O–H groups in total. The van der Waals surface area contributed by atoms with Gasteiger partial charge in [0, 0.05) is 32.3 Å². The Bertz CT molecular complexity index is 358. The number of nitrogens with one attached hydrogen (secondary N) is 1. The summed E-state index contributed by atoms with van der Waals surface area (Å²) < 4.78 is 7.69. The van der Waals surface area contributed by atoms with Crippen LogP contribution in [0.4, 0.5) is 0 Å². The zero-order chi connectivity index (χ0) is 13.5. The maximum atomic E-state index is 5.81. The van der Waals surface area contributed by atoms with E-state index in [0.717, 1.165) is 19.6 Å². The van der Waals surface area contributed by atoms with Gasteiger partial charge in [0.1, 0.15) is 0 Å². The van der Waals surface area contributed by atoms with Crippen molar-refractivity contribution < 1.29 is 4.74 Å². The number of nitrogens with zero attached hydrogens (tertiary/aromatic N) is 2. The number of ether oxygens (including phenoxy) is 1. The molecule has 0 bridgehead atoms. The second kappa shape index (κ2) is 7.65. The first-order chi connectivity index (χ1) is 9.28. The average Bonchev–Trinajstić information content (AvgIpc) is 2.83. The van der Waals surface area contributed by atoms with Crippen molar-refractivity contribution in [3.05, 3.63) is 18.0 Å². The largest absolute Gasteiger partial charge is 0.378 e. The lowest BCUT2D eigenvalue weighted by molar-refractivity contribution is 0.00859. The fourth-order valence-electron chi connectivity index (χ4n) is 2.81. The molecule has 0 amide bonds. The standard InChI is InChI=1S/C15H27N3O/c1-3-16-13(12-14-9-10-18(2)17-14)7-8-15-6-4-5-11-19-15/h9-10,13,15-16H,3-8,11-12H2,1-2H3. The summed E-state index contributed by atoms with van der Waals surface area (Å²) in [4.78, 5) is 0. The molecule has 4 nitrogen and oxygen atoms in total. The lowest BCUT2D eigenvalue weighted by Crippen LogP contribution is -2.33. The molecule has 0 radical (unpaired) electrons. The van der Waals surface area contributed by atoms with Gasteiger partial charge in [0.2, 0.25) is 0 Å². The van der Waals surface area contributed by atoms with E-state index in [-0.39, 0.29) is 0 Å². The van der Waals surface area contributed by atoms with Crippen molar-refractivity contribution in [3.8, 4) is 0 Å². The Labute approximate surface area is 116 Å². The van der Waals surface area contributed by atoms with Gasteiger partial charge in [0.15, 0.2) is 0 Å². The van der Waals surface area contributed by atoms with Crippen LogP contribution in [-0.4, -0.2) is 35.1 Å². The lowest BCUT2D eigenvalue weighted by Gasteiger charge is -2.25. The number of hydrogen-bond acceptors (Lipinski definition) is 3. The van der Waals surface area contributed by atoms with E-state index in [1.165, 1.54) is 37.8 Å². The zero-order valence-electron chi connectivity index (χ0n) is 12.3. The summed E-state index contributed by atoms with van der Waals surface area (Å²) in [6, 6.07) is 2.63. The molecule has 0 saturated carbocycles. The number of aromatic nitrogens is 2. The fraction of sp³-hybridized carbons (Fsp3) is 0.800. The van der Waals surface area contributed by atoms with Crippen molar-refractivity contribution in [1.82, 2.24) is 15.1 Å². The minimum absolute atomic E-state index is 0.485. The second-order valence-corrected chi connectivity index (χ2v) is 5.51. The molecule has 2 rings (SSSR count). The molecule has 0 aliphatic carbocycles. The SMILES string of the molecule is CCNC(CCC1CCCCO1)Cc1ccn(C)n1. The summed E-state index contributed by atoms with van der Waals surface area (Å²) in [5, 5.41) is 8.05. The molecule has 2 atom stereocenters. The highest BCUT2D eigenvalue weighted by Gasteiger charge is 2.17. The van der Waals surface area contributed by atoms with E-state index in [2.05, 4.69) is 23.4 Å². The molecule has 1 saturated heterocycles. The Balaban J connectivity index is 1.78. The van der Waals surface area contributed by atoms with Crippen LogP contribution in [0.15, 0.2) is 12.3 Å². The van der Waals surface area contributed by atoms with Crippen LogP contribution in [0.2, 0.25) is 0 Å². The zero-order valence-corrected chi connectivity index (χ0v) is 12.3. The predicted octanol–water partition coefficient (Wildman–Crippen LogP) is 2.29. The highest BCUT2D eigenvalue weighted by molar-refractivity contribution is 5.01. The molecule has 0 spiro atoms. The molecule has 0 aromatic carbocycles. The molecule has 1 aromatic heterocycles. The molecule has 4 heteroatoms. The Morgan fingerprint density at radius 1 is 1.53 bits per heavy atom. The summed E-state index contributed by atoms with van der Waals surface area (Å²) in [5.41, 5.74) is 1.18. The Kier molecular flexibility index (Phi) is 5.86. The van der Waals surface area contributed by atoms with E-state index in [0.29, 0.717) is 12.1 Å². The van der Waals surface area contributed by atoms with Crippen molar-refractivity contribution in [3.63, 3.8) is 0 Å². The first kappa shape index (κ1) is 14.5. The Hall–Kier alpha value is -0.870. The maximum Gasteiger partial charge on any atom is 0.0639 e. The first-order valence-electron chi connectivity index (χ1n) is 7.61. The third-order valence-corrected chi connectivity index (χ3v) is 3.83. The molecule has 2 heterocycles. The van der Waals surface area contributed by atoms with Gasteiger partial charge in [0.05, 0.1) is 11.8 Å². The molecule has 1 aliphatic rings. The summed E-state index contributed by atoms with van der Waals surface area (Å²) >= 11 is 0. The van der Waals surface area contributed by atoms with Crippen LogP contribution in [0, 0.1) is 0 Å². The van der Waals surface area contributed by atoms with Gasteiger partial charge in [-0.2, -0.15) is 5.10 Å². The van der Waals surface area contributed by atoms with Crippen LogP contribution < -0.4 is 5.32 Å². The number of likely N-dealkylation sites (N-methyl/N-ethyl adjacent to an activating group) is 1. The third-order valence-electron chi connectivity index (χ3n) is 3.83. The van der Waals surface area contributed by atoms with E-state index < -0.39 is 0 Å². The minimum atomic E-state index is 0.485. The van der Waals surface area contributed by atoms with Crippen molar-refractivity contribution >= 4 is 0 Å². The van der Waals surface area contributed by atoms with Gasteiger partial charge in [-0.15, -0.1) is 0 Å². The van der Waals surface area contributed by atoms with Crippen LogP contribution in [0.3, 0.4) is 0 Å². The third kappa shape index (κ3) is 4.96. The van der Waals surface area contributed by atoms with Gasteiger partial charge >= 0.3 is 0 Å². The summed E-state index contributed by atoms with van der Waals surface area (Å²) in [5.74, 6) is 0. The number of rotatable bonds is 7. The van der Waals surface area contributed by atoms with Gasteiger partial charge in [-0.1, -0.05) is 6.92 Å². The molecule has 2 unspecified atom stereocenters. The van der Waals surface area contributed by atoms with Gasteiger partial charge in [-0.25, -0.2) is 0 Å². The topological polar surface area (TPSA) is 39.1 Å². The van der Waals surface area contributed by atoms with Crippen molar-refractivity contribution in [2.75, 3.05) is 13.2 Å². The normalized spacial score (nSPS) is 21.5. The smallest absolute Gasteiger partial charge is 0.0639 e. The molecule has 1 fully saturated rings. The molecule has 19 heavy (non-hydrogen) atoms. The Morgan fingerprint density at radius 2 is 2.42 bits per heavy atom. The highest BCUT2D eigenvalue weighted by Crippen LogP contribution is 2.18. The van der Waals surface area contributed by atoms with Gasteiger partial charge in [0.25, 0.3) is 0 Å². The summed E-state index contributed by atoms with van der Waals surface area (Å²) in [6.45, 7) is 4.14. The van der Waals surface area contributed by atoms with E-state index in [1.807, 2.05) is 17.9 Å². The van der Waals surface area contributed by atoms with E-state index in [9.17, 15) is 0 Å². The van der Waals surface area contributed by atoms with E-state index in [4.69, 9.17) is 4.74 Å². The molecular weight excluding hydrogens is 238 g/mol. The fourth-order valence-corrected chi connectivity index (χ4v) is 2.81. The summed E-state index contributed by atoms with van der Waals surface area (Å²) in [7, 11) is 1.97. The minimum Gasteiger partial charge on any atom is -0.378 e. The average molecular weight is 265 g/mol. The van der Waals surface area contributed by atoms with Crippen LogP contribution in [0.25, 0.3) is 0 Å². The molecule has 1 aromatic rings. The van der Waals surface area contributed by atoms with Crippen LogP contribution in [-0.2, 0) is 18.2 Å². The van der Waals surface area contributed by atoms with E-state index >= 15 is 0 Å².